The number of ether oxygens (including phenoxy) is 1. The van der Waals surface area contributed by atoms with E-state index in [0.29, 0.717) is 6.42 Å². The van der Waals surface area contributed by atoms with Crippen LogP contribution in [0.5, 0.6) is 0 Å². The van der Waals surface area contributed by atoms with E-state index >= 15 is 0 Å². The largest absolute Gasteiger partial charge is 0.460 e. The summed E-state index contributed by atoms with van der Waals surface area (Å²) in [5, 5.41) is 0.891. The summed E-state index contributed by atoms with van der Waals surface area (Å²) < 4.78 is 44.5. The first kappa shape index (κ1) is 17.0. The molecule has 1 saturated carbocycles. The Morgan fingerprint density at radius 2 is 2.04 bits per heavy atom. The third-order valence-electron chi connectivity index (χ3n) is 4.10. The standard InChI is InChI=1S/C17H16F3NO2S/c1-9-15(24-10(2)21-9)8-23-16(22)13-7-12(13)11-5-3-4-6-14(11)17(18,19)20/h3-6,12-13H,7-8H2,1-2H3. The third-order valence-corrected chi connectivity index (χ3v) is 5.15. The molecular formula is C17H16F3NO2S. The van der Waals surface area contributed by atoms with Gasteiger partial charge in [-0.25, -0.2) is 4.98 Å². The highest BCUT2D eigenvalue weighted by molar-refractivity contribution is 7.11. The topological polar surface area (TPSA) is 39.2 Å². The monoisotopic (exact) mass is 355 g/mol. The van der Waals surface area contributed by atoms with E-state index in [1.807, 2.05) is 13.8 Å². The van der Waals surface area contributed by atoms with Gasteiger partial charge in [0.2, 0.25) is 0 Å². The Morgan fingerprint density at radius 1 is 1.33 bits per heavy atom. The van der Waals surface area contributed by atoms with Gasteiger partial charge in [0.25, 0.3) is 0 Å². The first-order chi connectivity index (χ1) is 11.3. The number of aromatic nitrogens is 1. The summed E-state index contributed by atoms with van der Waals surface area (Å²) in [6.07, 6.45) is -4.02. The van der Waals surface area contributed by atoms with Crippen LogP contribution in [-0.4, -0.2) is 11.0 Å². The second-order valence-electron chi connectivity index (χ2n) is 5.88. The predicted molar refractivity (Wildman–Crippen MR) is 83.7 cm³/mol. The van der Waals surface area contributed by atoms with E-state index in [4.69, 9.17) is 4.74 Å². The number of hydrogen-bond donors (Lipinski definition) is 0. The first-order valence-electron chi connectivity index (χ1n) is 7.53. The molecule has 7 heteroatoms. The Labute approximate surface area is 141 Å². The maximum atomic E-state index is 13.1. The van der Waals surface area contributed by atoms with Crippen molar-refractivity contribution in [3.8, 4) is 0 Å². The fourth-order valence-corrected chi connectivity index (χ4v) is 3.68. The van der Waals surface area contributed by atoms with Crippen molar-refractivity contribution < 1.29 is 22.7 Å². The highest BCUT2D eigenvalue weighted by Crippen LogP contribution is 2.51. The minimum Gasteiger partial charge on any atom is -0.460 e. The molecule has 0 bridgehead atoms. The van der Waals surface area contributed by atoms with Crippen molar-refractivity contribution in [1.29, 1.82) is 0 Å². The van der Waals surface area contributed by atoms with E-state index in [2.05, 4.69) is 4.98 Å². The molecule has 1 heterocycles. The zero-order valence-electron chi connectivity index (χ0n) is 13.2. The SMILES string of the molecule is Cc1nc(C)c(COC(=O)C2CC2c2ccccc2C(F)(F)F)s1. The fourth-order valence-electron chi connectivity index (χ4n) is 2.83. The number of benzene rings is 1. The molecule has 24 heavy (non-hydrogen) atoms. The average molecular weight is 355 g/mol. The number of thiazole rings is 1. The van der Waals surface area contributed by atoms with Gasteiger partial charge in [-0.2, -0.15) is 13.2 Å². The molecule has 1 aliphatic carbocycles. The van der Waals surface area contributed by atoms with Crippen molar-refractivity contribution in [2.45, 2.75) is 39.0 Å². The van der Waals surface area contributed by atoms with E-state index in [-0.39, 0.29) is 12.2 Å². The minimum atomic E-state index is -4.41. The molecule has 1 aliphatic rings. The summed E-state index contributed by atoms with van der Waals surface area (Å²) in [6, 6.07) is 5.42. The highest BCUT2D eigenvalue weighted by atomic mass is 32.1. The molecule has 1 aromatic carbocycles. The van der Waals surface area contributed by atoms with Crippen molar-refractivity contribution in [3.63, 3.8) is 0 Å². The first-order valence-corrected chi connectivity index (χ1v) is 8.34. The van der Waals surface area contributed by atoms with Crippen LogP contribution in [0.15, 0.2) is 24.3 Å². The van der Waals surface area contributed by atoms with E-state index in [0.717, 1.165) is 21.6 Å². The van der Waals surface area contributed by atoms with Crippen molar-refractivity contribution in [3.05, 3.63) is 51.0 Å². The molecule has 0 saturated heterocycles. The van der Waals surface area contributed by atoms with Crippen LogP contribution in [-0.2, 0) is 22.3 Å². The number of carbonyl (C=O) groups excluding carboxylic acids is 1. The lowest BCUT2D eigenvalue weighted by Crippen LogP contribution is -2.11. The van der Waals surface area contributed by atoms with Gasteiger partial charge in [0.05, 0.1) is 27.1 Å². The zero-order valence-corrected chi connectivity index (χ0v) is 14.0. The van der Waals surface area contributed by atoms with Crippen LogP contribution < -0.4 is 0 Å². The maximum Gasteiger partial charge on any atom is 0.416 e. The maximum absolute atomic E-state index is 13.1. The van der Waals surface area contributed by atoms with Gasteiger partial charge in [0.1, 0.15) is 6.61 Å². The number of rotatable bonds is 4. The Morgan fingerprint density at radius 3 is 2.67 bits per heavy atom. The van der Waals surface area contributed by atoms with Gasteiger partial charge in [0.15, 0.2) is 0 Å². The van der Waals surface area contributed by atoms with E-state index in [1.54, 1.807) is 6.07 Å². The van der Waals surface area contributed by atoms with Gasteiger partial charge in [-0.15, -0.1) is 11.3 Å². The fraction of sp³-hybridized carbons (Fsp3) is 0.412. The second-order valence-corrected chi connectivity index (χ2v) is 7.17. The Kier molecular flexibility index (Phi) is 4.38. The van der Waals surface area contributed by atoms with Crippen molar-refractivity contribution in [2.75, 3.05) is 0 Å². The van der Waals surface area contributed by atoms with Crippen molar-refractivity contribution in [2.24, 2.45) is 5.92 Å². The Balaban J connectivity index is 1.65. The van der Waals surface area contributed by atoms with Crippen LogP contribution in [0.4, 0.5) is 13.2 Å². The van der Waals surface area contributed by atoms with Crippen LogP contribution in [0.25, 0.3) is 0 Å². The quantitative estimate of drug-likeness (QED) is 0.751. The van der Waals surface area contributed by atoms with Crippen LogP contribution >= 0.6 is 11.3 Å². The third kappa shape index (κ3) is 3.45. The van der Waals surface area contributed by atoms with Gasteiger partial charge in [0, 0.05) is 0 Å². The summed E-state index contributed by atoms with van der Waals surface area (Å²) in [5.41, 5.74) is 0.330. The summed E-state index contributed by atoms with van der Waals surface area (Å²) in [7, 11) is 0. The molecule has 0 aliphatic heterocycles. The molecule has 1 aromatic heterocycles. The molecule has 0 spiro atoms. The van der Waals surface area contributed by atoms with Crippen LogP contribution in [0.3, 0.4) is 0 Å². The van der Waals surface area contributed by atoms with Gasteiger partial charge in [-0.3, -0.25) is 4.79 Å². The summed E-state index contributed by atoms with van der Waals surface area (Å²) in [6.45, 7) is 3.83. The predicted octanol–water partition coefficient (Wildman–Crippen LogP) is 4.63. The lowest BCUT2D eigenvalue weighted by Gasteiger charge is -2.12. The van der Waals surface area contributed by atoms with Crippen molar-refractivity contribution >= 4 is 17.3 Å². The zero-order chi connectivity index (χ0) is 17.5. The second kappa shape index (κ2) is 6.20. The molecule has 2 atom stereocenters. The molecule has 128 valence electrons. The molecular weight excluding hydrogens is 339 g/mol. The molecule has 2 unspecified atom stereocenters. The van der Waals surface area contributed by atoms with Gasteiger partial charge >= 0.3 is 12.1 Å². The Hall–Kier alpha value is -1.89. The minimum absolute atomic E-state index is 0.125. The van der Waals surface area contributed by atoms with Gasteiger partial charge in [-0.05, 0) is 37.8 Å². The molecule has 3 rings (SSSR count). The molecule has 0 amide bonds. The lowest BCUT2D eigenvalue weighted by molar-refractivity contribution is -0.147. The number of alkyl halides is 3. The molecule has 0 radical (unpaired) electrons. The van der Waals surface area contributed by atoms with E-state index in [1.165, 1.54) is 23.5 Å². The van der Waals surface area contributed by atoms with E-state index in [9.17, 15) is 18.0 Å². The van der Waals surface area contributed by atoms with Crippen LogP contribution in [0.2, 0.25) is 0 Å². The summed E-state index contributed by atoms with van der Waals surface area (Å²) in [5.74, 6) is -1.36. The number of carbonyl (C=O) groups is 1. The summed E-state index contributed by atoms with van der Waals surface area (Å²) >= 11 is 1.45. The Bertz CT molecular complexity index is 769. The van der Waals surface area contributed by atoms with Crippen molar-refractivity contribution in [1.82, 2.24) is 4.98 Å². The lowest BCUT2D eigenvalue weighted by atomic mass is 10.0. The van der Waals surface area contributed by atoms with E-state index < -0.39 is 29.5 Å². The number of aryl methyl sites for hydroxylation is 2. The molecule has 2 aromatic rings. The molecule has 3 nitrogen and oxygen atoms in total. The van der Waals surface area contributed by atoms with Gasteiger partial charge in [-0.1, -0.05) is 18.2 Å². The number of nitrogens with zero attached hydrogens (tertiary/aromatic N) is 1. The smallest absolute Gasteiger partial charge is 0.416 e. The summed E-state index contributed by atoms with van der Waals surface area (Å²) in [4.78, 5) is 17.2. The molecule has 0 N–H and O–H groups in total. The number of hydrogen-bond acceptors (Lipinski definition) is 4. The van der Waals surface area contributed by atoms with Gasteiger partial charge < -0.3 is 4.74 Å². The number of halogens is 3. The van der Waals surface area contributed by atoms with Crippen LogP contribution in [0.1, 0.15) is 39.0 Å². The highest BCUT2D eigenvalue weighted by Gasteiger charge is 2.48. The average Bonchev–Trinajstić information content (AvgIpc) is 3.24. The molecule has 1 fully saturated rings. The van der Waals surface area contributed by atoms with Crippen LogP contribution in [0, 0.1) is 19.8 Å². The number of esters is 1. The normalized spacial score (nSPS) is 20.0.